The molecule has 3 nitrogen and oxygen atoms in total. The molecule has 0 fully saturated rings. The lowest BCUT2D eigenvalue weighted by Crippen LogP contribution is -1.94. The van der Waals surface area contributed by atoms with Gasteiger partial charge in [0.2, 0.25) is 0 Å². The van der Waals surface area contributed by atoms with Gasteiger partial charge in [-0.1, -0.05) is 12.1 Å². The quantitative estimate of drug-likeness (QED) is 0.728. The zero-order valence-corrected chi connectivity index (χ0v) is 7.16. The van der Waals surface area contributed by atoms with Crippen molar-refractivity contribution in [1.29, 1.82) is 0 Å². The Balaban J connectivity index is 2.57. The summed E-state index contributed by atoms with van der Waals surface area (Å²) in [6, 6.07) is 7.63. The van der Waals surface area contributed by atoms with Crippen molar-refractivity contribution in [2.24, 2.45) is 5.73 Å². The predicted molar refractivity (Wildman–Crippen MR) is 50.0 cm³/mol. The van der Waals surface area contributed by atoms with Gasteiger partial charge in [0.05, 0.1) is 0 Å². The van der Waals surface area contributed by atoms with Gasteiger partial charge in [0.1, 0.15) is 18.0 Å². The standard InChI is InChI=1S/C10H11NO2/c11-5-7-1-2-8-4-9(6-12)13-10(8)3-7/h1-4,12H,5-6,11H2. The minimum atomic E-state index is -0.0629. The van der Waals surface area contributed by atoms with Crippen molar-refractivity contribution in [3.63, 3.8) is 0 Å². The van der Waals surface area contributed by atoms with Crippen LogP contribution in [0.4, 0.5) is 0 Å². The summed E-state index contributed by atoms with van der Waals surface area (Å²) < 4.78 is 5.35. The minimum Gasteiger partial charge on any atom is -0.459 e. The Kier molecular flexibility index (Phi) is 2.04. The van der Waals surface area contributed by atoms with Gasteiger partial charge in [-0.25, -0.2) is 0 Å². The van der Waals surface area contributed by atoms with E-state index in [4.69, 9.17) is 15.3 Å². The van der Waals surface area contributed by atoms with E-state index >= 15 is 0 Å². The largest absolute Gasteiger partial charge is 0.459 e. The number of aliphatic hydroxyl groups excluding tert-OH is 1. The van der Waals surface area contributed by atoms with Gasteiger partial charge in [-0.05, 0) is 17.7 Å². The van der Waals surface area contributed by atoms with Crippen LogP contribution in [-0.4, -0.2) is 5.11 Å². The van der Waals surface area contributed by atoms with Crippen molar-refractivity contribution >= 4 is 11.0 Å². The monoisotopic (exact) mass is 177 g/mol. The fourth-order valence-electron chi connectivity index (χ4n) is 1.34. The van der Waals surface area contributed by atoms with Crippen LogP contribution in [0.5, 0.6) is 0 Å². The topological polar surface area (TPSA) is 59.4 Å². The molecule has 1 aromatic heterocycles. The van der Waals surface area contributed by atoms with Gasteiger partial charge >= 0.3 is 0 Å². The van der Waals surface area contributed by atoms with Crippen LogP contribution in [-0.2, 0) is 13.2 Å². The summed E-state index contributed by atoms with van der Waals surface area (Å²) in [5.41, 5.74) is 7.31. The summed E-state index contributed by atoms with van der Waals surface area (Å²) in [7, 11) is 0. The van der Waals surface area contributed by atoms with Crippen molar-refractivity contribution in [1.82, 2.24) is 0 Å². The average Bonchev–Trinajstić information content (AvgIpc) is 2.58. The zero-order chi connectivity index (χ0) is 9.26. The van der Waals surface area contributed by atoms with Crippen molar-refractivity contribution in [2.45, 2.75) is 13.2 Å². The molecule has 0 spiro atoms. The summed E-state index contributed by atoms with van der Waals surface area (Å²) in [6.45, 7) is 0.442. The maximum Gasteiger partial charge on any atom is 0.134 e. The number of fused-ring (bicyclic) bond motifs is 1. The number of rotatable bonds is 2. The van der Waals surface area contributed by atoms with Crippen LogP contribution in [0.25, 0.3) is 11.0 Å². The molecule has 0 atom stereocenters. The fourth-order valence-corrected chi connectivity index (χ4v) is 1.34. The second-order valence-electron chi connectivity index (χ2n) is 2.95. The highest BCUT2D eigenvalue weighted by Crippen LogP contribution is 2.20. The molecule has 3 N–H and O–H groups in total. The highest BCUT2D eigenvalue weighted by atomic mass is 16.4. The molecule has 0 aliphatic heterocycles. The highest BCUT2D eigenvalue weighted by molar-refractivity contribution is 5.78. The van der Waals surface area contributed by atoms with Gasteiger partial charge in [-0.15, -0.1) is 0 Å². The Hall–Kier alpha value is -1.32. The van der Waals surface area contributed by atoms with E-state index in [1.165, 1.54) is 0 Å². The van der Waals surface area contributed by atoms with Crippen LogP contribution in [0.15, 0.2) is 28.7 Å². The third-order valence-corrected chi connectivity index (χ3v) is 2.03. The average molecular weight is 177 g/mol. The third-order valence-electron chi connectivity index (χ3n) is 2.03. The lowest BCUT2D eigenvalue weighted by molar-refractivity contribution is 0.251. The van der Waals surface area contributed by atoms with E-state index in [-0.39, 0.29) is 6.61 Å². The molecule has 0 bridgehead atoms. The van der Waals surface area contributed by atoms with Gasteiger partial charge in [0.25, 0.3) is 0 Å². The van der Waals surface area contributed by atoms with Crippen LogP contribution < -0.4 is 5.73 Å². The van der Waals surface area contributed by atoms with E-state index in [0.717, 1.165) is 16.5 Å². The lowest BCUT2D eigenvalue weighted by atomic mass is 10.2. The number of hydrogen-bond donors (Lipinski definition) is 2. The zero-order valence-electron chi connectivity index (χ0n) is 7.16. The molecule has 1 heterocycles. The fraction of sp³-hybridized carbons (Fsp3) is 0.200. The number of hydrogen-bond acceptors (Lipinski definition) is 3. The smallest absolute Gasteiger partial charge is 0.134 e. The van der Waals surface area contributed by atoms with Gasteiger partial charge in [0, 0.05) is 11.9 Å². The van der Waals surface area contributed by atoms with Crippen molar-refractivity contribution in [2.75, 3.05) is 0 Å². The molecule has 2 aromatic rings. The molecule has 0 unspecified atom stereocenters. The third kappa shape index (κ3) is 1.43. The maximum atomic E-state index is 8.85. The normalized spacial score (nSPS) is 10.9. The molecule has 0 amide bonds. The Bertz CT molecular complexity index is 418. The van der Waals surface area contributed by atoms with Crippen molar-refractivity contribution in [3.05, 3.63) is 35.6 Å². The maximum absolute atomic E-state index is 8.85. The molecule has 0 saturated heterocycles. The first-order valence-corrected chi connectivity index (χ1v) is 4.16. The summed E-state index contributed by atoms with van der Waals surface area (Å²) in [5.74, 6) is 0.587. The van der Waals surface area contributed by atoms with Crippen molar-refractivity contribution in [3.8, 4) is 0 Å². The van der Waals surface area contributed by atoms with E-state index in [2.05, 4.69) is 0 Å². The van der Waals surface area contributed by atoms with Crippen LogP contribution in [0.2, 0.25) is 0 Å². The lowest BCUT2D eigenvalue weighted by Gasteiger charge is -1.94. The molecule has 0 aliphatic rings. The van der Waals surface area contributed by atoms with E-state index < -0.39 is 0 Å². The summed E-state index contributed by atoms with van der Waals surface area (Å²) in [6.07, 6.45) is 0. The molecule has 0 radical (unpaired) electrons. The molecular weight excluding hydrogens is 166 g/mol. The summed E-state index contributed by atoms with van der Waals surface area (Å²) in [5, 5.41) is 9.85. The Morgan fingerprint density at radius 2 is 2.15 bits per heavy atom. The molecule has 13 heavy (non-hydrogen) atoms. The van der Waals surface area contributed by atoms with Gasteiger partial charge in [0.15, 0.2) is 0 Å². The van der Waals surface area contributed by atoms with Crippen LogP contribution >= 0.6 is 0 Å². The molecule has 0 aliphatic carbocycles. The second kappa shape index (κ2) is 3.20. The summed E-state index contributed by atoms with van der Waals surface area (Å²) >= 11 is 0. The molecule has 1 aromatic carbocycles. The van der Waals surface area contributed by atoms with E-state index in [1.54, 1.807) is 0 Å². The van der Waals surface area contributed by atoms with Gasteiger partial charge in [-0.3, -0.25) is 0 Å². The van der Waals surface area contributed by atoms with Crippen LogP contribution in [0.3, 0.4) is 0 Å². The van der Waals surface area contributed by atoms with Crippen LogP contribution in [0.1, 0.15) is 11.3 Å². The first kappa shape index (κ1) is 8.29. The van der Waals surface area contributed by atoms with E-state index in [9.17, 15) is 0 Å². The van der Waals surface area contributed by atoms with Gasteiger partial charge in [-0.2, -0.15) is 0 Å². The Morgan fingerprint density at radius 1 is 1.31 bits per heavy atom. The summed E-state index contributed by atoms with van der Waals surface area (Å²) in [4.78, 5) is 0. The molecule has 0 saturated carbocycles. The Labute approximate surface area is 75.8 Å². The molecule has 68 valence electrons. The Morgan fingerprint density at radius 3 is 2.85 bits per heavy atom. The first-order chi connectivity index (χ1) is 6.33. The molecule has 3 heteroatoms. The first-order valence-electron chi connectivity index (χ1n) is 4.16. The second-order valence-corrected chi connectivity index (χ2v) is 2.95. The predicted octanol–water partition coefficient (Wildman–Crippen LogP) is 1.38. The molecular formula is C10H11NO2. The van der Waals surface area contributed by atoms with Crippen LogP contribution in [0, 0.1) is 0 Å². The van der Waals surface area contributed by atoms with E-state index in [1.807, 2.05) is 24.3 Å². The number of aliphatic hydroxyl groups is 1. The van der Waals surface area contributed by atoms with E-state index in [0.29, 0.717) is 12.3 Å². The minimum absolute atomic E-state index is 0.0629. The van der Waals surface area contributed by atoms with Gasteiger partial charge < -0.3 is 15.3 Å². The number of nitrogens with two attached hydrogens (primary N) is 1. The molecule has 2 rings (SSSR count). The highest BCUT2D eigenvalue weighted by Gasteiger charge is 2.02. The number of furan rings is 1. The van der Waals surface area contributed by atoms with Crippen molar-refractivity contribution < 1.29 is 9.52 Å². The number of benzene rings is 1. The SMILES string of the molecule is NCc1ccc2cc(CO)oc2c1.